The van der Waals surface area contributed by atoms with Crippen LogP contribution in [-0.2, 0) is 0 Å². The van der Waals surface area contributed by atoms with Crippen molar-refractivity contribution in [1.82, 2.24) is 0 Å². The van der Waals surface area contributed by atoms with Crippen LogP contribution in [0.25, 0.3) is 0 Å². The van der Waals surface area contributed by atoms with Gasteiger partial charge in [0.2, 0.25) is 0 Å². The molecule has 0 fully saturated rings. The third-order valence-corrected chi connectivity index (χ3v) is 2.63. The normalized spacial score (nSPS) is 9.89. The van der Waals surface area contributed by atoms with E-state index in [4.69, 9.17) is 10.00 Å². The summed E-state index contributed by atoms with van der Waals surface area (Å²) < 4.78 is 18.7. The van der Waals surface area contributed by atoms with Crippen LogP contribution in [0.5, 0.6) is 11.5 Å². The van der Waals surface area contributed by atoms with Crippen LogP contribution in [0.4, 0.5) is 4.39 Å². The molecule has 3 heteroatoms. The lowest BCUT2D eigenvalue weighted by Gasteiger charge is -2.10. The summed E-state index contributed by atoms with van der Waals surface area (Å²) in [7, 11) is 0. The van der Waals surface area contributed by atoms with E-state index in [2.05, 4.69) is 0 Å². The fourth-order valence-corrected chi connectivity index (χ4v) is 1.61. The van der Waals surface area contributed by atoms with Crippen molar-refractivity contribution in [2.24, 2.45) is 0 Å². The van der Waals surface area contributed by atoms with Gasteiger partial charge in [-0.05, 0) is 49.2 Å². The molecule has 2 rings (SSSR count). The van der Waals surface area contributed by atoms with Crippen LogP contribution in [0.1, 0.15) is 16.7 Å². The SMILES string of the molecule is Cc1ccc(C)c(Oc2ccc(F)cc2C#N)c1. The van der Waals surface area contributed by atoms with Crippen molar-refractivity contribution in [3.63, 3.8) is 0 Å². The predicted molar refractivity (Wildman–Crippen MR) is 67.1 cm³/mol. The Morgan fingerprint density at radius 1 is 1.06 bits per heavy atom. The van der Waals surface area contributed by atoms with Crippen LogP contribution in [0.3, 0.4) is 0 Å². The lowest BCUT2D eigenvalue weighted by molar-refractivity contribution is 0.475. The lowest BCUT2D eigenvalue weighted by Crippen LogP contribution is -1.92. The molecule has 18 heavy (non-hydrogen) atoms. The monoisotopic (exact) mass is 241 g/mol. The van der Waals surface area contributed by atoms with Crippen molar-refractivity contribution in [3.05, 3.63) is 58.9 Å². The highest BCUT2D eigenvalue weighted by Gasteiger charge is 2.08. The first kappa shape index (κ1) is 12.1. The fourth-order valence-electron chi connectivity index (χ4n) is 1.61. The molecule has 0 N–H and O–H groups in total. The molecule has 0 heterocycles. The quantitative estimate of drug-likeness (QED) is 0.792. The summed E-state index contributed by atoms with van der Waals surface area (Å²) in [5.41, 5.74) is 2.22. The topological polar surface area (TPSA) is 33.0 Å². The standard InChI is InChI=1S/C15H12FNO/c1-10-3-4-11(2)15(7-10)18-14-6-5-13(16)8-12(14)9-17/h3-8H,1-2H3. The molecule has 0 saturated carbocycles. The molecule has 2 aromatic carbocycles. The van der Waals surface area contributed by atoms with E-state index in [0.717, 1.165) is 11.1 Å². The van der Waals surface area contributed by atoms with Crippen LogP contribution in [0, 0.1) is 31.0 Å². The van der Waals surface area contributed by atoms with Crippen LogP contribution in [-0.4, -0.2) is 0 Å². The minimum Gasteiger partial charge on any atom is -0.456 e. The Morgan fingerprint density at radius 2 is 1.83 bits per heavy atom. The third kappa shape index (κ3) is 2.49. The van der Waals surface area contributed by atoms with Crippen molar-refractivity contribution in [2.75, 3.05) is 0 Å². The van der Waals surface area contributed by atoms with Crippen molar-refractivity contribution in [1.29, 1.82) is 5.26 Å². The molecule has 0 amide bonds. The second kappa shape index (κ2) is 4.89. The number of rotatable bonds is 2. The summed E-state index contributed by atoms with van der Waals surface area (Å²) in [4.78, 5) is 0. The van der Waals surface area contributed by atoms with Gasteiger partial charge in [-0.15, -0.1) is 0 Å². The molecular weight excluding hydrogens is 229 g/mol. The minimum atomic E-state index is -0.445. The van der Waals surface area contributed by atoms with Crippen LogP contribution >= 0.6 is 0 Å². The highest BCUT2D eigenvalue weighted by molar-refractivity contribution is 5.47. The Bertz CT molecular complexity index is 629. The maximum atomic E-state index is 13.0. The van der Waals surface area contributed by atoms with Crippen LogP contribution in [0.2, 0.25) is 0 Å². The van der Waals surface area contributed by atoms with Crippen molar-refractivity contribution in [2.45, 2.75) is 13.8 Å². The molecule has 0 aromatic heterocycles. The van der Waals surface area contributed by atoms with E-state index >= 15 is 0 Å². The number of hydrogen-bond acceptors (Lipinski definition) is 2. The van der Waals surface area contributed by atoms with Crippen molar-refractivity contribution < 1.29 is 9.13 Å². The van der Waals surface area contributed by atoms with Crippen LogP contribution < -0.4 is 4.74 Å². The smallest absolute Gasteiger partial charge is 0.145 e. The van der Waals surface area contributed by atoms with E-state index in [1.807, 2.05) is 38.1 Å². The molecule has 2 nitrogen and oxygen atoms in total. The zero-order valence-electron chi connectivity index (χ0n) is 10.2. The third-order valence-electron chi connectivity index (χ3n) is 2.63. The number of hydrogen-bond donors (Lipinski definition) is 0. The second-order valence-electron chi connectivity index (χ2n) is 4.12. The van der Waals surface area contributed by atoms with E-state index in [9.17, 15) is 4.39 Å². The van der Waals surface area contributed by atoms with Gasteiger partial charge in [0.05, 0.1) is 5.56 Å². The Balaban J connectivity index is 2.40. The summed E-state index contributed by atoms with van der Waals surface area (Å²) in [5, 5.41) is 8.95. The average molecular weight is 241 g/mol. The van der Waals surface area contributed by atoms with Crippen LogP contribution in [0.15, 0.2) is 36.4 Å². The maximum absolute atomic E-state index is 13.0. The van der Waals surface area contributed by atoms with Gasteiger partial charge in [0.15, 0.2) is 0 Å². The summed E-state index contributed by atoms with van der Waals surface area (Å²) in [5.74, 6) is 0.602. The van der Waals surface area contributed by atoms with Gasteiger partial charge < -0.3 is 4.74 Å². The fraction of sp³-hybridized carbons (Fsp3) is 0.133. The number of nitriles is 1. The molecule has 0 aliphatic carbocycles. The Kier molecular flexibility index (Phi) is 3.29. The maximum Gasteiger partial charge on any atom is 0.145 e. The van der Waals surface area contributed by atoms with Crippen molar-refractivity contribution in [3.8, 4) is 17.6 Å². The molecule has 2 aromatic rings. The lowest BCUT2D eigenvalue weighted by atomic mass is 10.1. The summed E-state index contributed by atoms with van der Waals surface area (Å²) in [6.07, 6.45) is 0. The number of nitrogens with zero attached hydrogens (tertiary/aromatic N) is 1. The van der Waals surface area contributed by atoms with Gasteiger partial charge in [-0.3, -0.25) is 0 Å². The number of aryl methyl sites for hydroxylation is 2. The van der Waals surface area contributed by atoms with Gasteiger partial charge in [0.25, 0.3) is 0 Å². The molecular formula is C15H12FNO. The van der Waals surface area contributed by atoms with Crippen molar-refractivity contribution >= 4 is 0 Å². The Labute approximate surface area is 105 Å². The van der Waals surface area contributed by atoms with E-state index in [-0.39, 0.29) is 5.56 Å². The number of halogens is 1. The van der Waals surface area contributed by atoms with Gasteiger partial charge in [-0.25, -0.2) is 4.39 Å². The van der Waals surface area contributed by atoms with Gasteiger partial charge >= 0.3 is 0 Å². The second-order valence-corrected chi connectivity index (χ2v) is 4.12. The highest BCUT2D eigenvalue weighted by Crippen LogP contribution is 2.28. The molecule has 0 spiro atoms. The summed E-state index contributed by atoms with van der Waals surface area (Å²) in [6.45, 7) is 3.88. The van der Waals surface area contributed by atoms with Gasteiger partial charge in [-0.1, -0.05) is 12.1 Å². The van der Waals surface area contributed by atoms with Gasteiger partial charge in [0.1, 0.15) is 23.4 Å². The largest absolute Gasteiger partial charge is 0.456 e. The van der Waals surface area contributed by atoms with E-state index in [1.54, 1.807) is 0 Å². The average Bonchev–Trinajstić information content (AvgIpc) is 2.36. The molecule has 0 aliphatic heterocycles. The molecule has 0 unspecified atom stereocenters. The minimum absolute atomic E-state index is 0.191. The first-order valence-electron chi connectivity index (χ1n) is 5.55. The highest BCUT2D eigenvalue weighted by atomic mass is 19.1. The molecule has 0 saturated heterocycles. The first-order valence-corrected chi connectivity index (χ1v) is 5.55. The Hall–Kier alpha value is -2.34. The number of ether oxygens (including phenoxy) is 1. The van der Waals surface area contributed by atoms with E-state index < -0.39 is 5.82 Å². The first-order chi connectivity index (χ1) is 8.60. The van der Waals surface area contributed by atoms with Gasteiger partial charge in [0, 0.05) is 0 Å². The van der Waals surface area contributed by atoms with E-state index in [1.165, 1.54) is 18.2 Å². The zero-order valence-corrected chi connectivity index (χ0v) is 10.2. The number of benzene rings is 2. The molecule has 90 valence electrons. The molecule has 0 radical (unpaired) electrons. The van der Waals surface area contributed by atoms with Gasteiger partial charge in [-0.2, -0.15) is 5.26 Å². The summed E-state index contributed by atoms with van der Waals surface area (Å²) in [6, 6.07) is 11.7. The molecule has 0 atom stereocenters. The zero-order chi connectivity index (χ0) is 13.1. The van der Waals surface area contributed by atoms with E-state index in [0.29, 0.717) is 11.5 Å². The summed E-state index contributed by atoms with van der Waals surface area (Å²) >= 11 is 0. The Morgan fingerprint density at radius 3 is 2.56 bits per heavy atom. The molecule has 0 bridgehead atoms. The molecule has 0 aliphatic rings. The predicted octanol–water partition coefficient (Wildman–Crippen LogP) is 4.11.